The Morgan fingerprint density at radius 1 is 1.28 bits per heavy atom. The fourth-order valence-corrected chi connectivity index (χ4v) is 2.31. The molecule has 0 saturated heterocycles. The second-order valence-electron chi connectivity index (χ2n) is 4.56. The summed E-state index contributed by atoms with van der Waals surface area (Å²) in [6.07, 6.45) is 8.08. The molecule has 0 aliphatic heterocycles. The molecule has 2 atom stereocenters. The summed E-state index contributed by atoms with van der Waals surface area (Å²) >= 11 is 0. The minimum Gasteiger partial charge on any atom is -0.393 e. The summed E-state index contributed by atoms with van der Waals surface area (Å²) in [4.78, 5) is 12.4. The number of aliphatic hydroxyl groups excluding tert-OH is 1. The predicted octanol–water partition coefficient (Wildman–Crippen LogP) is 1.55. The molecule has 0 spiro atoms. The van der Waals surface area contributed by atoms with Gasteiger partial charge in [0.25, 0.3) is 0 Å². The van der Waals surface area contributed by atoms with Crippen LogP contribution in [0.1, 0.15) is 37.5 Å². The first-order valence-corrected chi connectivity index (χ1v) is 6.11. The maximum atomic E-state index is 9.65. The normalized spacial score (nSPS) is 24.1. The van der Waals surface area contributed by atoms with Crippen LogP contribution in [0, 0.1) is 0 Å². The first-order valence-electron chi connectivity index (χ1n) is 6.11. The third-order valence-corrected chi connectivity index (χ3v) is 3.23. The van der Waals surface area contributed by atoms with Crippen LogP contribution >= 0.6 is 0 Å². The van der Waals surface area contributed by atoms with Crippen molar-refractivity contribution in [3.63, 3.8) is 0 Å². The summed E-state index contributed by atoms with van der Waals surface area (Å²) < 4.78 is 5.27. The molecule has 6 nitrogen and oxygen atoms in total. The molecule has 2 aromatic heterocycles. The Balaban J connectivity index is 1.81. The number of aromatic nitrogens is 4. The van der Waals surface area contributed by atoms with E-state index >= 15 is 0 Å². The van der Waals surface area contributed by atoms with Crippen LogP contribution < -0.4 is 0 Å². The highest BCUT2D eigenvalue weighted by Crippen LogP contribution is 2.32. The number of hydrogen-bond acceptors (Lipinski definition) is 6. The van der Waals surface area contributed by atoms with Gasteiger partial charge in [0.05, 0.1) is 12.3 Å². The highest BCUT2D eigenvalue weighted by molar-refractivity contribution is 5.45. The highest BCUT2D eigenvalue weighted by atomic mass is 16.5. The third-order valence-electron chi connectivity index (χ3n) is 3.23. The minimum atomic E-state index is -0.254. The number of nitrogens with zero attached hydrogens (tertiary/aromatic N) is 4. The van der Waals surface area contributed by atoms with E-state index in [1.807, 2.05) is 0 Å². The van der Waals surface area contributed by atoms with Crippen molar-refractivity contribution in [2.75, 3.05) is 0 Å². The molecule has 1 saturated carbocycles. The van der Waals surface area contributed by atoms with E-state index in [1.165, 1.54) is 0 Å². The van der Waals surface area contributed by atoms with Crippen molar-refractivity contribution in [2.45, 2.75) is 37.7 Å². The van der Waals surface area contributed by atoms with Crippen LogP contribution in [0.25, 0.3) is 11.5 Å². The molecule has 1 aliphatic carbocycles. The lowest BCUT2D eigenvalue weighted by Gasteiger charge is -2.22. The first-order chi connectivity index (χ1) is 8.83. The van der Waals surface area contributed by atoms with Crippen molar-refractivity contribution in [1.82, 2.24) is 20.1 Å². The fourth-order valence-electron chi connectivity index (χ4n) is 2.31. The lowest BCUT2D eigenvalue weighted by molar-refractivity contribution is 0.111. The van der Waals surface area contributed by atoms with Crippen LogP contribution in [0.15, 0.2) is 23.1 Å². The van der Waals surface area contributed by atoms with Crippen molar-refractivity contribution in [1.29, 1.82) is 0 Å². The molecule has 0 aromatic carbocycles. The Bertz CT molecular complexity index is 514. The zero-order valence-electron chi connectivity index (χ0n) is 9.86. The summed E-state index contributed by atoms with van der Waals surface area (Å²) in [5.41, 5.74) is 0.601. The third kappa shape index (κ3) is 2.24. The van der Waals surface area contributed by atoms with Gasteiger partial charge in [-0.1, -0.05) is 11.6 Å². The molecule has 2 aromatic rings. The van der Waals surface area contributed by atoms with Gasteiger partial charge in [-0.15, -0.1) is 0 Å². The smallest absolute Gasteiger partial charge is 0.230 e. The Morgan fingerprint density at radius 3 is 3.00 bits per heavy atom. The Hall–Kier alpha value is -1.82. The Morgan fingerprint density at radius 2 is 2.22 bits per heavy atom. The molecule has 6 heteroatoms. The highest BCUT2D eigenvalue weighted by Gasteiger charge is 2.26. The van der Waals surface area contributed by atoms with Gasteiger partial charge in [0.2, 0.25) is 11.7 Å². The van der Waals surface area contributed by atoms with E-state index in [9.17, 15) is 5.11 Å². The number of aliphatic hydroxyl groups is 1. The van der Waals surface area contributed by atoms with E-state index in [0.717, 1.165) is 19.3 Å². The van der Waals surface area contributed by atoms with Gasteiger partial charge >= 0.3 is 0 Å². The van der Waals surface area contributed by atoms with Gasteiger partial charge in [0.15, 0.2) is 0 Å². The molecule has 18 heavy (non-hydrogen) atoms. The molecule has 94 valence electrons. The van der Waals surface area contributed by atoms with Gasteiger partial charge in [-0.05, 0) is 19.3 Å². The van der Waals surface area contributed by atoms with Crippen molar-refractivity contribution in [3.8, 4) is 11.5 Å². The lowest BCUT2D eigenvalue weighted by atomic mass is 9.87. The number of hydrogen-bond donors (Lipinski definition) is 1. The molecule has 1 N–H and O–H groups in total. The van der Waals surface area contributed by atoms with E-state index in [-0.39, 0.29) is 12.0 Å². The Labute approximate surface area is 104 Å². The van der Waals surface area contributed by atoms with Crippen molar-refractivity contribution in [2.24, 2.45) is 0 Å². The van der Waals surface area contributed by atoms with Crippen molar-refractivity contribution >= 4 is 0 Å². The molecule has 1 fully saturated rings. The second-order valence-corrected chi connectivity index (χ2v) is 4.56. The van der Waals surface area contributed by atoms with E-state index in [1.54, 1.807) is 18.6 Å². The van der Waals surface area contributed by atoms with Gasteiger partial charge in [-0.25, -0.2) is 4.98 Å². The second kappa shape index (κ2) is 4.81. The van der Waals surface area contributed by atoms with E-state index in [2.05, 4.69) is 20.1 Å². The van der Waals surface area contributed by atoms with Gasteiger partial charge in [-0.3, -0.25) is 4.98 Å². The van der Waals surface area contributed by atoms with Gasteiger partial charge < -0.3 is 9.63 Å². The topological polar surface area (TPSA) is 84.9 Å². The zero-order chi connectivity index (χ0) is 12.4. The summed E-state index contributed by atoms with van der Waals surface area (Å²) in [7, 11) is 0. The maximum absolute atomic E-state index is 9.65. The van der Waals surface area contributed by atoms with Crippen LogP contribution in [0.2, 0.25) is 0 Å². The van der Waals surface area contributed by atoms with Crippen molar-refractivity contribution in [3.05, 3.63) is 24.5 Å². The molecule has 2 unspecified atom stereocenters. The van der Waals surface area contributed by atoms with Crippen LogP contribution in [0.4, 0.5) is 0 Å². The van der Waals surface area contributed by atoms with Gasteiger partial charge in [-0.2, -0.15) is 4.98 Å². The van der Waals surface area contributed by atoms with E-state index < -0.39 is 0 Å². The lowest BCUT2D eigenvalue weighted by Crippen LogP contribution is -2.18. The first kappa shape index (κ1) is 11.3. The maximum Gasteiger partial charge on any atom is 0.230 e. The average molecular weight is 246 g/mol. The summed E-state index contributed by atoms with van der Waals surface area (Å²) in [6.45, 7) is 0. The molecule has 0 amide bonds. The summed E-state index contributed by atoms with van der Waals surface area (Å²) in [5.74, 6) is 1.21. The van der Waals surface area contributed by atoms with E-state index in [0.29, 0.717) is 23.8 Å². The minimum absolute atomic E-state index is 0.159. The molecule has 3 rings (SSSR count). The SMILES string of the molecule is OC1CCCC(c2nc(-c3cnccn3)no2)C1. The standard InChI is InChI=1S/C12H14N4O2/c17-9-3-1-2-8(6-9)12-15-11(16-18-12)10-7-13-4-5-14-10/h4-5,7-9,17H,1-3,6H2. The van der Waals surface area contributed by atoms with Gasteiger partial charge in [0.1, 0.15) is 5.69 Å². The molecule has 2 heterocycles. The summed E-state index contributed by atoms with van der Waals surface area (Å²) in [5, 5.41) is 13.6. The quantitative estimate of drug-likeness (QED) is 0.865. The average Bonchev–Trinajstić information content (AvgIpc) is 2.89. The zero-order valence-corrected chi connectivity index (χ0v) is 9.86. The summed E-state index contributed by atoms with van der Waals surface area (Å²) in [6, 6.07) is 0. The van der Waals surface area contributed by atoms with Crippen LogP contribution in [0.3, 0.4) is 0 Å². The monoisotopic (exact) mass is 246 g/mol. The van der Waals surface area contributed by atoms with Crippen LogP contribution in [-0.2, 0) is 0 Å². The van der Waals surface area contributed by atoms with E-state index in [4.69, 9.17) is 4.52 Å². The largest absolute Gasteiger partial charge is 0.393 e. The predicted molar refractivity (Wildman–Crippen MR) is 62.5 cm³/mol. The van der Waals surface area contributed by atoms with Crippen LogP contribution in [0.5, 0.6) is 0 Å². The molecule has 1 aliphatic rings. The van der Waals surface area contributed by atoms with Crippen LogP contribution in [-0.4, -0.2) is 31.3 Å². The van der Waals surface area contributed by atoms with Crippen molar-refractivity contribution < 1.29 is 9.63 Å². The molecule has 0 radical (unpaired) electrons. The Kier molecular flexibility index (Phi) is 3.02. The molecular formula is C12H14N4O2. The molecular weight excluding hydrogens is 232 g/mol. The van der Waals surface area contributed by atoms with Gasteiger partial charge in [0, 0.05) is 18.3 Å². The molecule has 0 bridgehead atoms. The number of rotatable bonds is 2. The fraction of sp³-hybridized carbons (Fsp3) is 0.500.